The summed E-state index contributed by atoms with van der Waals surface area (Å²) in [5.41, 5.74) is 4.70. The van der Waals surface area contributed by atoms with Gasteiger partial charge in [-0.2, -0.15) is 0 Å². The van der Waals surface area contributed by atoms with Crippen molar-refractivity contribution in [2.45, 2.75) is 39.0 Å². The molecule has 2 aromatic carbocycles. The monoisotopic (exact) mass is 434 g/mol. The summed E-state index contributed by atoms with van der Waals surface area (Å²) in [5.74, 6) is 2.11. The van der Waals surface area contributed by atoms with Crippen molar-refractivity contribution in [2.75, 3.05) is 40.8 Å². The fourth-order valence-electron chi connectivity index (χ4n) is 4.89. The SMILES string of the molecule is CCN(CC)C(=O)c1cccc(/C=C2/CCC(CN(C)C)C(c3cccc(OC)c3)C2)c1. The third-order valence-corrected chi connectivity index (χ3v) is 6.56. The number of allylic oxidation sites excluding steroid dienone is 1. The van der Waals surface area contributed by atoms with Gasteiger partial charge in [-0.15, -0.1) is 0 Å². The number of nitrogens with zero attached hydrogens (tertiary/aromatic N) is 2. The summed E-state index contributed by atoms with van der Waals surface area (Å²) in [6.07, 6.45) is 5.62. The molecule has 0 heterocycles. The Labute approximate surface area is 193 Å². The second-order valence-electron chi connectivity index (χ2n) is 9.05. The lowest BCUT2D eigenvalue weighted by Gasteiger charge is -2.35. The molecule has 1 aliphatic rings. The van der Waals surface area contributed by atoms with Gasteiger partial charge in [-0.3, -0.25) is 4.79 Å². The zero-order valence-electron chi connectivity index (χ0n) is 20.3. The van der Waals surface area contributed by atoms with Crippen LogP contribution in [0.5, 0.6) is 5.75 Å². The highest BCUT2D eigenvalue weighted by atomic mass is 16.5. The van der Waals surface area contributed by atoms with E-state index in [4.69, 9.17) is 4.74 Å². The van der Waals surface area contributed by atoms with E-state index in [-0.39, 0.29) is 5.91 Å². The number of ether oxygens (including phenoxy) is 1. The third-order valence-electron chi connectivity index (χ3n) is 6.56. The Kier molecular flexibility index (Phi) is 8.52. The summed E-state index contributed by atoms with van der Waals surface area (Å²) in [7, 11) is 6.05. The first-order valence-electron chi connectivity index (χ1n) is 11.8. The molecule has 3 rings (SSSR count). The molecule has 0 aromatic heterocycles. The maximum absolute atomic E-state index is 12.8. The topological polar surface area (TPSA) is 32.8 Å². The average Bonchev–Trinajstić information content (AvgIpc) is 2.80. The molecule has 172 valence electrons. The third kappa shape index (κ3) is 6.01. The molecule has 32 heavy (non-hydrogen) atoms. The van der Waals surface area contributed by atoms with E-state index in [1.165, 1.54) is 17.6 Å². The summed E-state index contributed by atoms with van der Waals surface area (Å²) in [5, 5.41) is 0. The fourth-order valence-corrected chi connectivity index (χ4v) is 4.89. The largest absolute Gasteiger partial charge is 0.497 e. The maximum Gasteiger partial charge on any atom is 0.253 e. The Balaban J connectivity index is 1.86. The van der Waals surface area contributed by atoms with Gasteiger partial charge in [-0.1, -0.05) is 35.9 Å². The minimum atomic E-state index is 0.110. The molecule has 1 saturated carbocycles. The Hall–Kier alpha value is -2.59. The summed E-state index contributed by atoms with van der Waals surface area (Å²) < 4.78 is 5.50. The molecule has 0 radical (unpaired) electrons. The molecular formula is C28H38N2O2. The van der Waals surface area contributed by atoms with Crippen LogP contribution in [0.15, 0.2) is 54.1 Å². The van der Waals surface area contributed by atoms with Gasteiger partial charge in [0.15, 0.2) is 0 Å². The van der Waals surface area contributed by atoms with Crippen LogP contribution in [0.3, 0.4) is 0 Å². The van der Waals surface area contributed by atoms with E-state index in [0.29, 0.717) is 11.8 Å². The Morgan fingerprint density at radius 2 is 1.84 bits per heavy atom. The molecular weight excluding hydrogens is 396 g/mol. The number of amides is 1. The first-order chi connectivity index (χ1) is 15.4. The summed E-state index contributed by atoms with van der Waals surface area (Å²) in [4.78, 5) is 17.0. The van der Waals surface area contributed by atoms with Crippen molar-refractivity contribution in [1.29, 1.82) is 0 Å². The van der Waals surface area contributed by atoms with Crippen molar-refractivity contribution in [2.24, 2.45) is 5.92 Å². The molecule has 0 aliphatic heterocycles. The van der Waals surface area contributed by atoms with E-state index in [9.17, 15) is 4.79 Å². The van der Waals surface area contributed by atoms with E-state index in [2.05, 4.69) is 49.3 Å². The summed E-state index contributed by atoms with van der Waals surface area (Å²) in [6, 6.07) is 16.6. The minimum Gasteiger partial charge on any atom is -0.497 e. The van der Waals surface area contributed by atoms with E-state index < -0.39 is 0 Å². The van der Waals surface area contributed by atoms with Gasteiger partial charge >= 0.3 is 0 Å². The lowest BCUT2D eigenvalue weighted by atomic mass is 9.73. The molecule has 2 atom stereocenters. The molecule has 0 bridgehead atoms. The Bertz CT molecular complexity index is 931. The van der Waals surface area contributed by atoms with Crippen LogP contribution in [0.1, 0.15) is 60.5 Å². The quantitative estimate of drug-likeness (QED) is 0.534. The fraction of sp³-hybridized carbons (Fsp3) is 0.464. The van der Waals surface area contributed by atoms with Gasteiger partial charge in [-0.25, -0.2) is 0 Å². The molecule has 4 heteroatoms. The predicted octanol–water partition coefficient (Wildman–Crippen LogP) is 5.71. The molecule has 1 fully saturated rings. The van der Waals surface area contributed by atoms with Gasteiger partial charge in [0, 0.05) is 25.2 Å². The molecule has 0 spiro atoms. The van der Waals surface area contributed by atoms with Gasteiger partial charge in [0.1, 0.15) is 5.75 Å². The lowest BCUT2D eigenvalue weighted by molar-refractivity contribution is 0.0773. The molecule has 0 N–H and O–H groups in total. The predicted molar refractivity (Wildman–Crippen MR) is 133 cm³/mol. The lowest BCUT2D eigenvalue weighted by Crippen LogP contribution is -2.30. The van der Waals surface area contributed by atoms with Gasteiger partial charge in [-0.05, 0) is 94.4 Å². The maximum atomic E-state index is 12.8. The molecule has 2 unspecified atom stereocenters. The van der Waals surface area contributed by atoms with Crippen LogP contribution in [0.2, 0.25) is 0 Å². The zero-order chi connectivity index (χ0) is 23.1. The zero-order valence-corrected chi connectivity index (χ0v) is 20.3. The van der Waals surface area contributed by atoms with Gasteiger partial charge in [0.25, 0.3) is 5.91 Å². The second-order valence-corrected chi connectivity index (χ2v) is 9.05. The Morgan fingerprint density at radius 1 is 1.09 bits per heavy atom. The summed E-state index contributed by atoms with van der Waals surface area (Å²) in [6.45, 7) is 6.60. The Morgan fingerprint density at radius 3 is 2.53 bits per heavy atom. The normalized spacial score (nSPS) is 19.9. The number of methoxy groups -OCH3 is 1. The van der Waals surface area contributed by atoms with Crippen molar-refractivity contribution in [1.82, 2.24) is 9.80 Å². The smallest absolute Gasteiger partial charge is 0.253 e. The molecule has 2 aromatic rings. The van der Waals surface area contributed by atoms with Crippen molar-refractivity contribution in [3.05, 3.63) is 70.8 Å². The number of hydrogen-bond acceptors (Lipinski definition) is 3. The van der Waals surface area contributed by atoms with E-state index in [1.807, 2.05) is 43.0 Å². The van der Waals surface area contributed by atoms with Crippen LogP contribution in [0.4, 0.5) is 0 Å². The molecule has 1 amide bonds. The van der Waals surface area contributed by atoms with Crippen LogP contribution in [0, 0.1) is 5.92 Å². The van der Waals surface area contributed by atoms with E-state index in [1.54, 1.807) is 7.11 Å². The van der Waals surface area contributed by atoms with Crippen LogP contribution in [-0.4, -0.2) is 56.5 Å². The summed E-state index contributed by atoms with van der Waals surface area (Å²) >= 11 is 0. The number of benzene rings is 2. The standard InChI is InChI=1S/C28H38N2O2/c1-6-30(7-2)28(31)24-12-8-10-21(17-24)16-22-14-15-25(20-29(3)4)27(18-22)23-11-9-13-26(19-23)32-5/h8-13,16-17,19,25,27H,6-7,14-15,18,20H2,1-5H3/b22-16-. The first kappa shape index (κ1) is 24.1. The molecule has 0 saturated heterocycles. The molecule has 4 nitrogen and oxygen atoms in total. The van der Waals surface area contributed by atoms with Gasteiger partial charge in [0.2, 0.25) is 0 Å². The number of carbonyl (C=O) groups excluding carboxylic acids is 1. The van der Waals surface area contributed by atoms with Crippen molar-refractivity contribution in [3.8, 4) is 5.75 Å². The van der Waals surface area contributed by atoms with Crippen LogP contribution in [-0.2, 0) is 0 Å². The average molecular weight is 435 g/mol. The van der Waals surface area contributed by atoms with E-state index >= 15 is 0 Å². The minimum absolute atomic E-state index is 0.110. The van der Waals surface area contributed by atoms with Gasteiger partial charge in [0.05, 0.1) is 7.11 Å². The number of hydrogen-bond donors (Lipinski definition) is 0. The number of carbonyl (C=O) groups is 1. The van der Waals surface area contributed by atoms with Crippen molar-refractivity contribution >= 4 is 12.0 Å². The van der Waals surface area contributed by atoms with Gasteiger partial charge < -0.3 is 14.5 Å². The highest BCUT2D eigenvalue weighted by Crippen LogP contribution is 2.42. The first-order valence-corrected chi connectivity index (χ1v) is 11.8. The second kappa shape index (κ2) is 11.3. The van der Waals surface area contributed by atoms with E-state index in [0.717, 1.165) is 49.4 Å². The van der Waals surface area contributed by atoms with Crippen molar-refractivity contribution < 1.29 is 9.53 Å². The molecule has 1 aliphatic carbocycles. The number of rotatable bonds is 8. The highest BCUT2D eigenvalue weighted by molar-refractivity contribution is 5.94. The van der Waals surface area contributed by atoms with Crippen LogP contribution >= 0.6 is 0 Å². The van der Waals surface area contributed by atoms with Crippen LogP contribution < -0.4 is 4.74 Å². The van der Waals surface area contributed by atoms with Crippen molar-refractivity contribution in [3.63, 3.8) is 0 Å². The highest BCUT2D eigenvalue weighted by Gasteiger charge is 2.29. The van der Waals surface area contributed by atoms with Crippen LogP contribution in [0.25, 0.3) is 6.08 Å².